The van der Waals surface area contributed by atoms with Gasteiger partial charge in [0.15, 0.2) is 0 Å². The van der Waals surface area contributed by atoms with Crippen molar-refractivity contribution in [3.8, 4) is 0 Å². The number of anilines is 1. The largest absolute Gasteiger partial charge is 0.416 e. The summed E-state index contributed by atoms with van der Waals surface area (Å²) in [6.07, 6.45) is -3.60. The van der Waals surface area contributed by atoms with E-state index in [0.29, 0.717) is 18.8 Å². The number of rotatable bonds is 1. The molecule has 2 rings (SSSR count). The summed E-state index contributed by atoms with van der Waals surface area (Å²) in [5.41, 5.74) is 5.72. The Morgan fingerprint density at radius 2 is 2.00 bits per heavy atom. The Bertz CT molecular complexity index is 462. The summed E-state index contributed by atoms with van der Waals surface area (Å²) in [7, 11) is 0. The smallest absolute Gasteiger partial charge is 0.371 e. The molecule has 0 spiro atoms. The van der Waals surface area contributed by atoms with E-state index in [1.54, 1.807) is 6.07 Å². The van der Waals surface area contributed by atoms with Gasteiger partial charge in [0, 0.05) is 29.8 Å². The minimum absolute atomic E-state index is 0.104. The second-order valence-corrected chi connectivity index (χ2v) is 5.51. The quantitative estimate of drug-likeness (QED) is 0.858. The van der Waals surface area contributed by atoms with Crippen LogP contribution in [0.4, 0.5) is 18.9 Å². The third kappa shape index (κ3) is 3.34. The van der Waals surface area contributed by atoms with E-state index in [-0.39, 0.29) is 17.0 Å². The number of hydrogen-bond donors (Lipinski definition) is 1. The summed E-state index contributed by atoms with van der Waals surface area (Å²) in [5.74, 6) is 0.252. The van der Waals surface area contributed by atoms with Crippen LogP contribution in [0, 0.1) is 5.92 Å². The van der Waals surface area contributed by atoms with E-state index in [9.17, 15) is 13.2 Å². The summed E-state index contributed by atoms with van der Waals surface area (Å²) in [5, 5.41) is 0.104. The molecule has 1 saturated heterocycles. The van der Waals surface area contributed by atoms with E-state index in [0.717, 1.165) is 18.6 Å². The first-order chi connectivity index (χ1) is 8.77. The van der Waals surface area contributed by atoms with Gasteiger partial charge >= 0.3 is 6.18 Å². The van der Waals surface area contributed by atoms with Crippen molar-refractivity contribution in [1.29, 1.82) is 0 Å². The second-order valence-electron chi connectivity index (χ2n) is 5.07. The Kier molecular flexibility index (Phi) is 3.97. The Hall–Kier alpha value is -0.940. The fourth-order valence-corrected chi connectivity index (χ4v) is 2.55. The highest BCUT2D eigenvalue weighted by atomic mass is 35.5. The SMILES string of the molecule is CC1CN(c2cc(Cl)cc(C(F)(F)F)c2)CCC1N. The molecular formula is C13H16ClF3N2. The lowest BCUT2D eigenvalue weighted by Gasteiger charge is -2.37. The van der Waals surface area contributed by atoms with Crippen molar-refractivity contribution in [1.82, 2.24) is 0 Å². The van der Waals surface area contributed by atoms with E-state index in [1.807, 2.05) is 11.8 Å². The van der Waals surface area contributed by atoms with Gasteiger partial charge in [0.2, 0.25) is 0 Å². The Morgan fingerprint density at radius 1 is 1.32 bits per heavy atom. The molecule has 2 nitrogen and oxygen atoms in total. The van der Waals surface area contributed by atoms with Crippen LogP contribution in [0.25, 0.3) is 0 Å². The lowest BCUT2D eigenvalue weighted by atomic mass is 9.94. The monoisotopic (exact) mass is 292 g/mol. The fourth-order valence-electron chi connectivity index (χ4n) is 2.32. The summed E-state index contributed by atoms with van der Waals surface area (Å²) < 4.78 is 38.3. The molecule has 1 fully saturated rings. The first-order valence-electron chi connectivity index (χ1n) is 6.15. The maximum Gasteiger partial charge on any atom is 0.416 e. The zero-order chi connectivity index (χ0) is 14.2. The standard InChI is InChI=1S/C13H16ClF3N2/c1-8-7-19(3-2-12(8)18)11-5-9(13(15,16)17)4-10(14)6-11/h4-6,8,12H,2-3,7,18H2,1H3. The number of nitrogens with two attached hydrogens (primary N) is 1. The summed E-state index contributed by atoms with van der Waals surface area (Å²) in [6.45, 7) is 3.31. The van der Waals surface area contributed by atoms with Crippen molar-refractivity contribution < 1.29 is 13.2 Å². The molecular weight excluding hydrogens is 277 g/mol. The van der Waals surface area contributed by atoms with Crippen molar-refractivity contribution in [2.45, 2.75) is 25.6 Å². The van der Waals surface area contributed by atoms with Crippen molar-refractivity contribution in [3.05, 3.63) is 28.8 Å². The van der Waals surface area contributed by atoms with Crippen LogP contribution in [0.2, 0.25) is 5.02 Å². The lowest BCUT2D eigenvalue weighted by Crippen LogP contribution is -2.46. The molecule has 0 radical (unpaired) electrons. The van der Waals surface area contributed by atoms with Crippen LogP contribution < -0.4 is 10.6 Å². The molecule has 1 aromatic rings. The predicted octanol–water partition coefficient (Wildman–Crippen LogP) is 3.53. The second kappa shape index (κ2) is 5.21. The van der Waals surface area contributed by atoms with Crippen molar-refractivity contribution >= 4 is 17.3 Å². The van der Waals surface area contributed by atoms with Crippen LogP contribution in [0.15, 0.2) is 18.2 Å². The molecule has 6 heteroatoms. The fraction of sp³-hybridized carbons (Fsp3) is 0.538. The molecule has 0 aromatic heterocycles. The minimum atomic E-state index is -4.38. The van der Waals surface area contributed by atoms with E-state index in [4.69, 9.17) is 17.3 Å². The highest BCUT2D eigenvalue weighted by Gasteiger charge is 2.32. The van der Waals surface area contributed by atoms with E-state index in [1.165, 1.54) is 0 Å². The Morgan fingerprint density at radius 3 is 2.58 bits per heavy atom. The maximum atomic E-state index is 12.8. The lowest BCUT2D eigenvalue weighted by molar-refractivity contribution is -0.137. The first kappa shape index (κ1) is 14.5. The van der Waals surface area contributed by atoms with Gasteiger partial charge in [0.05, 0.1) is 5.56 Å². The van der Waals surface area contributed by atoms with Crippen LogP contribution >= 0.6 is 11.6 Å². The van der Waals surface area contributed by atoms with Crippen LogP contribution in [-0.2, 0) is 6.18 Å². The van der Waals surface area contributed by atoms with Crippen LogP contribution in [0.5, 0.6) is 0 Å². The van der Waals surface area contributed by atoms with Gasteiger partial charge in [-0.15, -0.1) is 0 Å². The van der Waals surface area contributed by atoms with Gasteiger partial charge in [-0.2, -0.15) is 13.2 Å². The topological polar surface area (TPSA) is 29.3 Å². The molecule has 1 heterocycles. The van der Waals surface area contributed by atoms with Crippen molar-refractivity contribution in [2.75, 3.05) is 18.0 Å². The normalized spacial score (nSPS) is 24.6. The third-order valence-electron chi connectivity index (χ3n) is 3.55. The van der Waals surface area contributed by atoms with Crippen LogP contribution in [-0.4, -0.2) is 19.1 Å². The third-order valence-corrected chi connectivity index (χ3v) is 3.76. The summed E-state index contributed by atoms with van der Waals surface area (Å²) in [6, 6.07) is 3.78. The van der Waals surface area contributed by atoms with Crippen LogP contribution in [0.3, 0.4) is 0 Å². The number of hydrogen-bond acceptors (Lipinski definition) is 2. The maximum absolute atomic E-state index is 12.8. The average molecular weight is 293 g/mol. The minimum Gasteiger partial charge on any atom is -0.371 e. The van der Waals surface area contributed by atoms with Gasteiger partial charge in [0.25, 0.3) is 0 Å². The molecule has 2 N–H and O–H groups in total. The number of nitrogens with zero attached hydrogens (tertiary/aromatic N) is 1. The molecule has 2 unspecified atom stereocenters. The Balaban J connectivity index is 2.28. The summed E-state index contributed by atoms with van der Waals surface area (Å²) in [4.78, 5) is 1.91. The highest BCUT2D eigenvalue weighted by Crippen LogP contribution is 2.35. The number of halogens is 4. The predicted molar refractivity (Wildman–Crippen MR) is 70.4 cm³/mol. The molecule has 2 atom stereocenters. The van der Waals surface area contributed by atoms with E-state index < -0.39 is 11.7 Å². The van der Waals surface area contributed by atoms with Crippen molar-refractivity contribution in [3.63, 3.8) is 0 Å². The number of alkyl halides is 3. The molecule has 19 heavy (non-hydrogen) atoms. The summed E-state index contributed by atoms with van der Waals surface area (Å²) >= 11 is 5.79. The molecule has 0 aliphatic carbocycles. The van der Waals surface area contributed by atoms with Gasteiger partial charge < -0.3 is 10.6 Å². The molecule has 1 aliphatic heterocycles. The Labute approximate surface area is 115 Å². The van der Waals surface area contributed by atoms with E-state index >= 15 is 0 Å². The van der Waals surface area contributed by atoms with Gasteiger partial charge in [-0.3, -0.25) is 0 Å². The van der Waals surface area contributed by atoms with Gasteiger partial charge in [-0.25, -0.2) is 0 Å². The molecule has 0 saturated carbocycles. The molecule has 1 aliphatic rings. The highest BCUT2D eigenvalue weighted by molar-refractivity contribution is 6.30. The average Bonchev–Trinajstić information content (AvgIpc) is 2.31. The van der Waals surface area contributed by atoms with Crippen molar-refractivity contribution in [2.24, 2.45) is 11.7 Å². The zero-order valence-electron chi connectivity index (χ0n) is 10.5. The van der Waals surface area contributed by atoms with Gasteiger partial charge in [-0.05, 0) is 30.5 Å². The molecule has 1 aromatic carbocycles. The van der Waals surface area contributed by atoms with Crippen LogP contribution in [0.1, 0.15) is 18.9 Å². The molecule has 0 amide bonds. The van der Waals surface area contributed by atoms with Gasteiger partial charge in [-0.1, -0.05) is 18.5 Å². The molecule has 106 valence electrons. The number of piperidine rings is 1. The van der Waals surface area contributed by atoms with E-state index in [2.05, 4.69) is 0 Å². The zero-order valence-corrected chi connectivity index (χ0v) is 11.3. The first-order valence-corrected chi connectivity index (χ1v) is 6.53. The molecule has 0 bridgehead atoms. The number of benzene rings is 1. The van der Waals surface area contributed by atoms with Gasteiger partial charge in [0.1, 0.15) is 0 Å².